The van der Waals surface area contributed by atoms with Crippen LogP contribution >= 0.6 is 11.8 Å². The van der Waals surface area contributed by atoms with Gasteiger partial charge in [-0.05, 0) is 24.6 Å². The molecule has 4 heteroatoms. The van der Waals surface area contributed by atoms with Crippen molar-refractivity contribution in [3.8, 4) is 0 Å². The Kier molecular flexibility index (Phi) is 3.31. The summed E-state index contributed by atoms with van der Waals surface area (Å²) in [6, 6.07) is 18.4. The molecule has 2 aromatic carbocycles. The summed E-state index contributed by atoms with van der Waals surface area (Å²) in [5, 5.41) is 2.22. The molecule has 0 saturated heterocycles. The standard InChI is InChI=1S/C18H14N2OS/c1-12(13-7-3-2-4-8-13)22-18-17-16(19-11-20-18)14-9-5-6-10-15(14)21-17/h2-12H,1H3/t12-/m1/s1. The Morgan fingerprint density at radius 1 is 0.955 bits per heavy atom. The average molecular weight is 306 g/mol. The van der Waals surface area contributed by atoms with Crippen LogP contribution in [-0.2, 0) is 0 Å². The molecule has 2 heterocycles. The molecule has 2 aromatic heterocycles. The summed E-state index contributed by atoms with van der Waals surface area (Å²) >= 11 is 1.70. The zero-order valence-corrected chi connectivity index (χ0v) is 12.9. The van der Waals surface area contributed by atoms with E-state index in [1.54, 1.807) is 18.1 Å². The minimum atomic E-state index is 0.299. The van der Waals surface area contributed by atoms with Gasteiger partial charge in [0.25, 0.3) is 0 Å². The highest BCUT2D eigenvalue weighted by Gasteiger charge is 2.16. The molecule has 0 spiro atoms. The first kappa shape index (κ1) is 13.3. The number of nitrogens with zero attached hydrogens (tertiary/aromatic N) is 2. The van der Waals surface area contributed by atoms with E-state index in [4.69, 9.17) is 4.42 Å². The second kappa shape index (κ2) is 5.46. The maximum absolute atomic E-state index is 5.97. The van der Waals surface area contributed by atoms with Crippen molar-refractivity contribution in [3.63, 3.8) is 0 Å². The number of hydrogen-bond acceptors (Lipinski definition) is 4. The molecule has 1 atom stereocenters. The lowest BCUT2D eigenvalue weighted by molar-refractivity contribution is 0.653. The lowest BCUT2D eigenvalue weighted by Crippen LogP contribution is -1.90. The van der Waals surface area contributed by atoms with Crippen LogP contribution in [0.15, 0.2) is 70.4 Å². The molecule has 3 nitrogen and oxygen atoms in total. The van der Waals surface area contributed by atoms with Crippen LogP contribution in [0.1, 0.15) is 17.7 Å². The van der Waals surface area contributed by atoms with Crippen molar-refractivity contribution in [2.24, 2.45) is 0 Å². The minimum Gasteiger partial charge on any atom is -0.451 e. The van der Waals surface area contributed by atoms with Gasteiger partial charge >= 0.3 is 0 Å². The molecule has 22 heavy (non-hydrogen) atoms. The quantitative estimate of drug-likeness (QED) is 0.384. The van der Waals surface area contributed by atoms with Gasteiger partial charge in [-0.15, -0.1) is 0 Å². The van der Waals surface area contributed by atoms with Crippen LogP contribution in [0.2, 0.25) is 0 Å². The molecule has 0 N–H and O–H groups in total. The van der Waals surface area contributed by atoms with E-state index < -0.39 is 0 Å². The van der Waals surface area contributed by atoms with Crippen molar-refractivity contribution in [1.29, 1.82) is 0 Å². The maximum atomic E-state index is 5.97. The molecule has 0 unspecified atom stereocenters. The van der Waals surface area contributed by atoms with Gasteiger partial charge in [0.1, 0.15) is 22.5 Å². The van der Waals surface area contributed by atoms with Crippen LogP contribution in [-0.4, -0.2) is 9.97 Å². The smallest absolute Gasteiger partial charge is 0.186 e. The molecule has 0 aliphatic carbocycles. The van der Waals surface area contributed by atoms with Crippen molar-refractivity contribution in [2.45, 2.75) is 17.2 Å². The van der Waals surface area contributed by atoms with Gasteiger partial charge in [-0.2, -0.15) is 0 Å². The third-order valence-corrected chi connectivity index (χ3v) is 4.82. The first-order valence-electron chi connectivity index (χ1n) is 7.17. The van der Waals surface area contributed by atoms with E-state index in [9.17, 15) is 0 Å². The van der Waals surface area contributed by atoms with Gasteiger partial charge in [0.05, 0.1) is 0 Å². The van der Waals surface area contributed by atoms with Crippen LogP contribution in [0.5, 0.6) is 0 Å². The average Bonchev–Trinajstić information content (AvgIpc) is 2.95. The van der Waals surface area contributed by atoms with Gasteiger partial charge in [-0.25, -0.2) is 9.97 Å². The monoisotopic (exact) mass is 306 g/mol. The van der Waals surface area contributed by atoms with E-state index in [2.05, 4.69) is 41.2 Å². The lowest BCUT2D eigenvalue weighted by atomic mass is 10.2. The predicted molar refractivity (Wildman–Crippen MR) is 90.0 cm³/mol. The number of hydrogen-bond donors (Lipinski definition) is 0. The Morgan fingerprint density at radius 2 is 1.73 bits per heavy atom. The normalized spacial score (nSPS) is 12.8. The van der Waals surface area contributed by atoms with Crippen LogP contribution in [0, 0.1) is 0 Å². The highest BCUT2D eigenvalue weighted by molar-refractivity contribution is 7.99. The van der Waals surface area contributed by atoms with Crippen LogP contribution in [0.3, 0.4) is 0 Å². The largest absolute Gasteiger partial charge is 0.451 e. The summed E-state index contributed by atoms with van der Waals surface area (Å²) in [6.45, 7) is 2.18. The zero-order valence-electron chi connectivity index (χ0n) is 12.1. The number of aromatic nitrogens is 2. The number of rotatable bonds is 3. The molecule has 0 radical (unpaired) electrons. The molecular formula is C18H14N2OS. The number of para-hydroxylation sites is 1. The first-order chi connectivity index (χ1) is 10.8. The number of furan rings is 1. The molecule has 0 fully saturated rings. The highest BCUT2D eigenvalue weighted by atomic mass is 32.2. The molecule has 0 aliphatic heterocycles. The summed E-state index contributed by atoms with van der Waals surface area (Å²) in [6.07, 6.45) is 1.62. The number of benzene rings is 2. The molecular weight excluding hydrogens is 292 g/mol. The summed E-state index contributed by atoms with van der Waals surface area (Å²) in [4.78, 5) is 8.82. The fraction of sp³-hybridized carbons (Fsp3) is 0.111. The van der Waals surface area contributed by atoms with Gasteiger partial charge < -0.3 is 4.42 Å². The Hall–Kier alpha value is -2.33. The Balaban J connectivity index is 1.79. The van der Waals surface area contributed by atoms with Crippen molar-refractivity contribution in [3.05, 3.63) is 66.5 Å². The zero-order chi connectivity index (χ0) is 14.9. The Labute approximate surface area is 132 Å². The van der Waals surface area contributed by atoms with Gasteiger partial charge in [0.15, 0.2) is 5.58 Å². The fourth-order valence-corrected chi connectivity index (χ4v) is 3.53. The third kappa shape index (κ3) is 2.25. The van der Waals surface area contributed by atoms with Crippen LogP contribution < -0.4 is 0 Å². The van der Waals surface area contributed by atoms with Crippen LogP contribution in [0.4, 0.5) is 0 Å². The SMILES string of the molecule is C[C@@H](Sc1ncnc2c1oc1ccccc12)c1ccccc1. The van der Waals surface area contributed by atoms with Crippen molar-refractivity contribution >= 4 is 33.8 Å². The summed E-state index contributed by atoms with van der Waals surface area (Å²) in [5.41, 5.74) is 3.78. The van der Waals surface area contributed by atoms with E-state index in [0.29, 0.717) is 5.25 Å². The second-order valence-corrected chi connectivity index (χ2v) is 6.46. The van der Waals surface area contributed by atoms with E-state index >= 15 is 0 Å². The lowest BCUT2D eigenvalue weighted by Gasteiger charge is -2.10. The van der Waals surface area contributed by atoms with Gasteiger partial charge in [-0.3, -0.25) is 0 Å². The molecule has 108 valence electrons. The number of fused-ring (bicyclic) bond motifs is 3. The van der Waals surface area contributed by atoms with Crippen LogP contribution in [0.25, 0.3) is 22.1 Å². The maximum Gasteiger partial charge on any atom is 0.186 e. The molecule has 0 aliphatic rings. The van der Waals surface area contributed by atoms with E-state index in [0.717, 1.165) is 27.1 Å². The summed E-state index contributed by atoms with van der Waals surface area (Å²) in [7, 11) is 0. The second-order valence-electron chi connectivity index (χ2n) is 5.13. The Morgan fingerprint density at radius 3 is 2.59 bits per heavy atom. The van der Waals surface area contributed by atoms with Crippen molar-refractivity contribution in [2.75, 3.05) is 0 Å². The number of thioether (sulfide) groups is 1. The topological polar surface area (TPSA) is 38.9 Å². The van der Waals surface area contributed by atoms with E-state index in [1.165, 1.54) is 5.56 Å². The molecule has 0 bridgehead atoms. The predicted octanol–water partition coefficient (Wildman–Crippen LogP) is 5.23. The molecule has 4 aromatic rings. The summed E-state index contributed by atoms with van der Waals surface area (Å²) < 4.78 is 5.97. The van der Waals surface area contributed by atoms with Gasteiger partial charge in [0, 0.05) is 10.6 Å². The molecule has 0 saturated carbocycles. The summed E-state index contributed by atoms with van der Waals surface area (Å²) in [5.74, 6) is 0. The van der Waals surface area contributed by atoms with E-state index in [1.807, 2.05) is 30.3 Å². The van der Waals surface area contributed by atoms with Crippen molar-refractivity contribution < 1.29 is 4.42 Å². The fourth-order valence-electron chi connectivity index (χ4n) is 2.55. The third-order valence-electron chi connectivity index (χ3n) is 3.68. The molecule has 0 amide bonds. The van der Waals surface area contributed by atoms with Gasteiger partial charge in [-0.1, -0.05) is 54.2 Å². The highest BCUT2D eigenvalue weighted by Crippen LogP contribution is 2.39. The van der Waals surface area contributed by atoms with Crippen molar-refractivity contribution in [1.82, 2.24) is 9.97 Å². The van der Waals surface area contributed by atoms with E-state index in [-0.39, 0.29) is 0 Å². The Bertz CT molecular complexity index is 934. The molecule has 4 rings (SSSR count). The first-order valence-corrected chi connectivity index (χ1v) is 8.05. The van der Waals surface area contributed by atoms with Gasteiger partial charge in [0.2, 0.25) is 0 Å². The minimum absolute atomic E-state index is 0.299.